The van der Waals surface area contributed by atoms with Crippen molar-refractivity contribution in [3.63, 3.8) is 0 Å². The minimum absolute atomic E-state index is 0.0948. The predicted octanol–water partition coefficient (Wildman–Crippen LogP) is 4.47. The fourth-order valence-electron chi connectivity index (χ4n) is 2.67. The molecule has 146 valence electrons. The fraction of sp³-hybridized carbons (Fsp3) is 0.211. The van der Waals surface area contributed by atoms with Crippen LogP contribution in [0.4, 0.5) is 11.4 Å². The molecule has 0 unspecified atom stereocenters. The van der Waals surface area contributed by atoms with Gasteiger partial charge in [0.15, 0.2) is 5.17 Å². The highest BCUT2D eigenvalue weighted by molar-refractivity contribution is 8.15. The van der Waals surface area contributed by atoms with Crippen LogP contribution in [0.5, 0.6) is 5.75 Å². The van der Waals surface area contributed by atoms with E-state index in [9.17, 15) is 9.59 Å². The second-order valence-corrected chi connectivity index (χ2v) is 7.86. The molecule has 9 heteroatoms. The number of amides is 2. The van der Waals surface area contributed by atoms with E-state index in [2.05, 4.69) is 10.3 Å². The lowest BCUT2D eigenvalue weighted by molar-refractivity contribution is -0.121. The van der Waals surface area contributed by atoms with E-state index in [4.69, 9.17) is 27.9 Å². The van der Waals surface area contributed by atoms with Crippen molar-refractivity contribution in [2.75, 3.05) is 24.4 Å². The Labute approximate surface area is 176 Å². The van der Waals surface area contributed by atoms with Gasteiger partial charge in [-0.2, -0.15) is 0 Å². The average Bonchev–Trinajstić information content (AvgIpc) is 2.97. The first-order chi connectivity index (χ1) is 13.4. The second-order valence-electron chi connectivity index (χ2n) is 5.86. The predicted molar refractivity (Wildman–Crippen MR) is 115 cm³/mol. The summed E-state index contributed by atoms with van der Waals surface area (Å²) in [6.45, 7) is 0. The van der Waals surface area contributed by atoms with E-state index < -0.39 is 5.25 Å². The van der Waals surface area contributed by atoms with Crippen LogP contribution in [-0.4, -0.2) is 36.4 Å². The van der Waals surface area contributed by atoms with Gasteiger partial charge in [0.1, 0.15) is 11.0 Å². The summed E-state index contributed by atoms with van der Waals surface area (Å²) >= 11 is 13.2. The van der Waals surface area contributed by atoms with Crippen LogP contribution < -0.4 is 15.0 Å². The number of ether oxygens (including phenoxy) is 1. The minimum Gasteiger partial charge on any atom is -0.497 e. The number of nitrogens with zero attached hydrogens (tertiary/aromatic N) is 2. The Hall–Kier alpha value is -2.22. The van der Waals surface area contributed by atoms with Crippen molar-refractivity contribution in [3.8, 4) is 5.75 Å². The van der Waals surface area contributed by atoms with E-state index in [0.717, 1.165) is 0 Å². The van der Waals surface area contributed by atoms with Gasteiger partial charge in [-0.1, -0.05) is 35.0 Å². The first kappa shape index (κ1) is 20.5. The zero-order valence-corrected chi connectivity index (χ0v) is 17.4. The number of aliphatic imine (C=N–C) groups is 1. The quantitative estimate of drug-likeness (QED) is 0.434. The highest BCUT2D eigenvalue weighted by Crippen LogP contribution is 2.32. The fourth-order valence-corrected chi connectivity index (χ4v) is 3.95. The minimum atomic E-state index is -0.566. The lowest BCUT2D eigenvalue weighted by Gasteiger charge is -2.16. The zero-order chi connectivity index (χ0) is 20.3. The molecule has 0 aromatic heterocycles. The van der Waals surface area contributed by atoms with Gasteiger partial charge in [0.2, 0.25) is 11.8 Å². The number of carbonyl (C=O) groups excluding carboxylic acids is 2. The van der Waals surface area contributed by atoms with Crippen molar-refractivity contribution >= 4 is 63.3 Å². The van der Waals surface area contributed by atoms with Gasteiger partial charge < -0.3 is 10.1 Å². The van der Waals surface area contributed by atoms with Crippen molar-refractivity contribution in [1.82, 2.24) is 0 Å². The number of imide groups is 1. The second kappa shape index (κ2) is 8.86. The van der Waals surface area contributed by atoms with Gasteiger partial charge in [0.05, 0.1) is 22.8 Å². The molecule has 0 spiro atoms. The van der Waals surface area contributed by atoms with Crippen LogP contribution in [-0.2, 0) is 9.59 Å². The summed E-state index contributed by atoms with van der Waals surface area (Å²) in [7, 11) is 3.16. The molecule has 1 saturated heterocycles. The highest BCUT2D eigenvalue weighted by Gasteiger charge is 2.40. The number of amidine groups is 1. The Balaban J connectivity index is 1.71. The van der Waals surface area contributed by atoms with Crippen LogP contribution in [0, 0.1) is 0 Å². The van der Waals surface area contributed by atoms with Crippen molar-refractivity contribution in [3.05, 3.63) is 52.5 Å². The van der Waals surface area contributed by atoms with Crippen LogP contribution in [0.2, 0.25) is 10.0 Å². The molecule has 0 radical (unpaired) electrons. The van der Waals surface area contributed by atoms with Crippen LogP contribution in [0.3, 0.4) is 0 Å². The van der Waals surface area contributed by atoms with E-state index in [1.165, 1.54) is 16.7 Å². The van der Waals surface area contributed by atoms with Crippen molar-refractivity contribution in [2.24, 2.45) is 4.99 Å². The summed E-state index contributed by atoms with van der Waals surface area (Å²) in [5.74, 6) is 0.120. The molecule has 1 N–H and O–H groups in total. The number of anilines is 2. The number of rotatable bonds is 4. The molecule has 0 aliphatic carbocycles. The number of hydrogen-bond donors (Lipinski definition) is 1. The summed E-state index contributed by atoms with van der Waals surface area (Å²) in [5, 5.41) is 3.89. The molecule has 1 fully saturated rings. The van der Waals surface area contributed by atoms with E-state index in [0.29, 0.717) is 32.3 Å². The molecule has 0 bridgehead atoms. The molecule has 6 nitrogen and oxygen atoms in total. The lowest BCUT2D eigenvalue weighted by Crippen LogP contribution is -2.31. The number of hydrogen-bond acceptors (Lipinski definition) is 5. The van der Waals surface area contributed by atoms with Crippen molar-refractivity contribution in [1.29, 1.82) is 0 Å². The van der Waals surface area contributed by atoms with E-state index in [1.807, 2.05) is 0 Å². The third kappa shape index (κ3) is 4.43. The van der Waals surface area contributed by atoms with Crippen molar-refractivity contribution < 1.29 is 14.3 Å². The summed E-state index contributed by atoms with van der Waals surface area (Å²) < 4.78 is 5.11. The third-order valence-electron chi connectivity index (χ3n) is 4.06. The van der Waals surface area contributed by atoms with Gasteiger partial charge in [-0.15, -0.1) is 0 Å². The van der Waals surface area contributed by atoms with Crippen LogP contribution >= 0.6 is 35.0 Å². The van der Waals surface area contributed by atoms with Gasteiger partial charge in [0, 0.05) is 19.2 Å². The van der Waals surface area contributed by atoms with Gasteiger partial charge in [-0.05, 0) is 42.5 Å². The molecule has 1 aliphatic rings. The number of halogens is 2. The van der Waals surface area contributed by atoms with Crippen LogP contribution in [0.1, 0.15) is 6.42 Å². The first-order valence-corrected chi connectivity index (χ1v) is 9.93. The Kier molecular flexibility index (Phi) is 6.49. The number of carbonyl (C=O) groups is 2. The maximum absolute atomic E-state index is 12.8. The van der Waals surface area contributed by atoms with E-state index in [1.54, 1.807) is 56.6 Å². The molecule has 2 aromatic rings. The lowest BCUT2D eigenvalue weighted by atomic mass is 10.3. The van der Waals surface area contributed by atoms with Crippen LogP contribution in [0.15, 0.2) is 47.5 Å². The molecule has 3 rings (SSSR count). The zero-order valence-electron chi connectivity index (χ0n) is 15.1. The molecule has 1 aliphatic heterocycles. The molecule has 1 atom stereocenters. The van der Waals surface area contributed by atoms with Crippen LogP contribution in [0.25, 0.3) is 0 Å². The standard InChI is InChI=1S/C19H17Cl2N3O3S/c1-22-19(23-11-3-8-14(20)15(21)9-11)28-16-10-17(25)24(18(16)26)12-4-6-13(27-2)7-5-12/h3-9,16H,10H2,1-2H3,(H,22,23)/t16-/m1/s1. The van der Waals surface area contributed by atoms with Gasteiger partial charge >= 0.3 is 0 Å². The molecule has 0 saturated carbocycles. The number of nitrogens with one attached hydrogen (secondary N) is 1. The maximum atomic E-state index is 12.8. The van der Waals surface area contributed by atoms with Crippen molar-refractivity contribution in [2.45, 2.75) is 11.7 Å². The van der Waals surface area contributed by atoms with Gasteiger partial charge in [-0.3, -0.25) is 14.6 Å². The Morgan fingerprint density at radius 2 is 1.89 bits per heavy atom. The number of methoxy groups -OCH3 is 1. The SMILES string of the molecule is CN=C(Nc1ccc(Cl)c(Cl)c1)S[C@@H]1CC(=O)N(c2ccc(OC)cc2)C1=O. The van der Waals surface area contributed by atoms with E-state index >= 15 is 0 Å². The van der Waals surface area contributed by atoms with E-state index in [-0.39, 0.29) is 18.2 Å². The normalized spacial score (nSPS) is 17.2. The Morgan fingerprint density at radius 3 is 2.50 bits per heavy atom. The maximum Gasteiger partial charge on any atom is 0.247 e. The largest absolute Gasteiger partial charge is 0.497 e. The number of benzene rings is 2. The highest BCUT2D eigenvalue weighted by atomic mass is 35.5. The third-order valence-corrected chi connectivity index (χ3v) is 5.96. The topological polar surface area (TPSA) is 71.0 Å². The summed E-state index contributed by atoms with van der Waals surface area (Å²) in [6.07, 6.45) is 0.0948. The monoisotopic (exact) mass is 437 g/mol. The molecule has 2 amide bonds. The molecular formula is C19H17Cl2N3O3S. The first-order valence-electron chi connectivity index (χ1n) is 8.29. The van der Waals surface area contributed by atoms with Gasteiger partial charge in [0.25, 0.3) is 0 Å². The molecular weight excluding hydrogens is 421 g/mol. The molecule has 2 aromatic carbocycles. The molecule has 1 heterocycles. The Morgan fingerprint density at radius 1 is 1.18 bits per heavy atom. The Bertz CT molecular complexity index is 935. The average molecular weight is 438 g/mol. The number of thioether (sulfide) groups is 1. The van der Waals surface area contributed by atoms with Gasteiger partial charge in [-0.25, -0.2) is 4.90 Å². The summed E-state index contributed by atoms with van der Waals surface area (Å²) in [4.78, 5) is 30.6. The summed E-state index contributed by atoms with van der Waals surface area (Å²) in [5.41, 5.74) is 1.21. The molecule has 28 heavy (non-hydrogen) atoms. The summed E-state index contributed by atoms with van der Waals surface area (Å²) in [6, 6.07) is 11.9. The smallest absolute Gasteiger partial charge is 0.247 e.